The van der Waals surface area contributed by atoms with Gasteiger partial charge in [-0.3, -0.25) is 9.59 Å². The summed E-state index contributed by atoms with van der Waals surface area (Å²) in [6.07, 6.45) is 22.5. The lowest BCUT2D eigenvalue weighted by molar-refractivity contribution is -0.137. The second kappa shape index (κ2) is 19.0. The smallest absolute Gasteiger partial charge is 0.307 e. The summed E-state index contributed by atoms with van der Waals surface area (Å²) in [6, 6.07) is 0. The zero-order valence-corrected chi connectivity index (χ0v) is 15.9. The molecule has 0 heterocycles. The Kier molecular flexibility index (Phi) is 18.0. The maximum Gasteiger partial charge on any atom is 0.307 e. The Labute approximate surface area is 153 Å². The van der Waals surface area contributed by atoms with E-state index < -0.39 is 11.9 Å². The molecule has 2 N–H and O–H groups in total. The highest BCUT2D eigenvalue weighted by Gasteiger charge is 1.97. The minimum Gasteiger partial charge on any atom is -0.481 e. The van der Waals surface area contributed by atoms with Crippen molar-refractivity contribution in [1.82, 2.24) is 0 Å². The largest absolute Gasteiger partial charge is 0.481 e. The van der Waals surface area contributed by atoms with E-state index >= 15 is 0 Å². The van der Waals surface area contributed by atoms with Crippen molar-refractivity contribution in [2.75, 3.05) is 0 Å². The van der Waals surface area contributed by atoms with Gasteiger partial charge in [0.2, 0.25) is 0 Å². The molecule has 0 bridgehead atoms. The number of hydrogen-bond donors (Lipinski definition) is 2. The van der Waals surface area contributed by atoms with E-state index in [-0.39, 0.29) is 6.42 Å². The molecular weight excluding hydrogens is 316 g/mol. The molecule has 0 fully saturated rings. The van der Waals surface area contributed by atoms with Gasteiger partial charge in [0.15, 0.2) is 0 Å². The molecule has 0 unspecified atom stereocenters. The fourth-order valence-electron chi connectivity index (χ4n) is 2.96. The van der Waals surface area contributed by atoms with Gasteiger partial charge in [-0.1, -0.05) is 89.2 Å². The Morgan fingerprint density at radius 3 is 1.32 bits per heavy atom. The number of rotatable bonds is 19. The number of unbranched alkanes of at least 4 members (excludes halogenated alkanes) is 14. The number of carboxylic acids is 2. The van der Waals surface area contributed by atoms with E-state index in [1.54, 1.807) is 6.08 Å². The monoisotopic (exact) mass is 354 g/mol. The predicted molar refractivity (Wildman–Crippen MR) is 103 cm³/mol. The molecule has 4 heteroatoms. The highest BCUT2D eigenvalue weighted by Crippen LogP contribution is 2.13. The highest BCUT2D eigenvalue weighted by molar-refractivity contribution is 5.68. The fourth-order valence-corrected chi connectivity index (χ4v) is 2.96. The molecular formula is C21H38O4. The van der Waals surface area contributed by atoms with E-state index in [2.05, 4.69) is 0 Å². The summed E-state index contributed by atoms with van der Waals surface area (Å²) in [6.45, 7) is 0. The SMILES string of the molecule is O=C(O)C/C=C/CCCCCCCCCCCCCCCCC(=O)O. The van der Waals surface area contributed by atoms with Gasteiger partial charge in [-0.2, -0.15) is 0 Å². The molecule has 0 atom stereocenters. The topological polar surface area (TPSA) is 74.6 Å². The molecule has 0 aliphatic carbocycles. The first kappa shape index (κ1) is 23.7. The Hall–Kier alpha value is -1.32. The normalized spacial score (nSPS) is 11.2. The standard InChI is InChI=1S/C21H38O4/c22-20(23)18-16-14-12-10-8-6-4-2-1-3-5-7-9-11-13-15-17-19-21(24)25/h14,16H,1-13,15,17-19H2,(H,22,23)(H,24,25)/b16-14+. The van der Waals surface area contributed by atoms with Crippen LogP contribution in [0, 0.1) is 0 Å². The van der Waals surface area contributed by atoms with Gasteiger partial charge in [0.1, 0.15) is 0 Å². The zero-order valence-electron chi connectivity index (χ0n) is 15.9. The molecule has 0 saturated heterocycles. The summed E-state index contributed by atoms with van der Waals surface area (Å²) < 4.78 is 0. The predicted octanol–water partition coefficient (Wildman–Crippen LogP) is 6.34. The summed E-state index contributed by atoms with van der Waals surface area (Å²) in [5.74, 6) is -1.43. The fraction of sp³-hybridized carbons (Fsp3) is 0.810. The molecule has 0 radical (unpaired) electrons. The van der Waals surface area contributed by atoms with Crippen molar-refractivity contribution in [3.63, 3.8) is 0 Å². The average Bonchev–Trinajstić information content (AvgIpc) is 2.56. The summed E-state index contributed by atoms with van der Waals surface area (Å²) in [7, 11) is 0. The third-order valence-electron chi connectivity index (χ3n) is 4.47. The lowest BCUT2D eigenvalue weighted by Crippen LogP contribution is -1.93. The molecule has 0 rings (SSSR count). The maximum atomic E-state index is 10.4. The number of aliphatic carboxylic acids is 2. The lowest BCUT2D eigenvalue weighted by Gasteiger charge is -2.03. The first-order valence-corrected chi connectivity index (χ1v) is 10.2. The van der Waals surface area contributed by atoms with Gasteiger partial charge < -0.3 is 10.2 Å². The summed E-state index contributed by atoms with van der Waals surface area (Å²) in [5.41, 5.74) is 0. The van der Waals surface area contributed by atoms with E-state index in [0.717, 1.165) is 19.3 Å². The van der Waals surface area contributed by atoms with Crippen molar-refractivity contribution < 1.29 is 19.8 Å². The summed E-state index contributed by atoms with van der Waals surface area (Å²) in [5, 5.41) is 17.0. The van der Waals surface area contributed by atoms with Gasteiger partial charge >= 0.3 is 11.9 Å². The molecule has 4 nitrogen and oxygen atoms in total. The van der Waals surface area contributed by atoms with Crippen LogP contribution in [0.5, 0.6) is 0 Å². The van der Waals surface area contributed by atoms with Gasteiger partial charge in [-0.25, -0.2) is 0 Å². The Morgan fingerprint density at radius 1 is 0.520 bits per heavy atom. The van der Waals surface area contributed by atoms with Gasteiger partial charge in [0.25, 0.3) is 0 Å². The van der Waals surface area contributed by atoms with E-state index in [4.69, 9.17) is 10.2 Å². The summed E-state index contributed by atoms with van der Waals surface area (Å²) in [4.78, 5) is 20.7. The van der Waals surface area contributed by atoms with E-state index in [1.807, 2.05) is 6.08 Å². The lowest BCUT2D eigenvalue weighted by atomic mass is 10.0. The average molecular weight is 355 g/mol. The Bertz CT molecular complexity index is 350. The minimum atomic E-state index is -0.757. The van der Waals surface area contributed by atoms with Crippen LogP contribution in [0.15, 0.2) is 12.2 Å². The van der Waals surface area contributed by atoms with Crippen LogP contribution in [-0.4, -0.2) is 22.2 Å². The van der Waals surface area contributed by atoms with Crippen LogP contribution in [0.25, 0.3) is 0 Å². The second-order valence-electron chi connectivity index (χ2n) is 6.95. The van der Waals surface area contributed by atoms with Crippen LogP contribution >= 0.6 is 0 Å². The van der Waals surface area contributed by atoms with Crippen molar-refractivity contribution >= 4 is 11.9 Å². The molecule has 0 aromatic heterocycles. The van der Waals surface area contributed by atoms with Gasteiger partial charge in [-0.15, -0.1) is 0 Å². The molecule has 0 aromatic carbocycles. The van der Waals surface area contributed by atoms with E-state index in [9.17, 15) is 9.59 Å². The number of allylic oxidation sites excluding steroid dienone is 1. The molecule has 0 amide bonds. The number of hydrogen-bond acceptors (Lipinski definition) is 2. The van der Waals surface area contributed by atoms with Crippen LogP contribution in [0.2, 0.25) is 0 Å². The van der Waals surface area contributed by atoms with Crippen molar-refractivity contribution in [2.24, 2.45) is 0 Å². The van der Waals surface area contributed by atoms with Crippen LogP contribution in [0.3, 0.4) is 0 Å². The highest BCUT2D eigenvalue weighted by atomic mass is 16.4. The molecule has 0 saturated carbocycles. The molecule has 0 aromatic rings. The van der Waals surface area contributed by atoms with Crippen LogP contribution in [0.1, 0.15) is 109 Å². The number of carboxylic acid groups (broad SMARTS) is 2. The molecule has 0 spiro atoms. The number of carbonyl (C=O) groups is 2. The van der Waals surface area contributed by atoms with Crippen LogP contribution in [-0.2, 0) is 9.59 Å². The zero-order chi connectivity index (χ0) is 18.6. The molecule has 146 valence electrons. The molecule has 0 aliphatic heterocycles. The van der Waals surface area contributed by atoms with Gasteiger partial charge in [0.05, 0.1) is 6.42 Å². The third kappa shape index (κ3) is 22.7. The van der Waals surface area contributed by atoms with Gasteiger partial charge in [-0.05, 0) is 19.3 Å². The van der Waals surface area contributed by atoms with Crippen molar-refractivity contribution in [1.29, 1.82) is 0 Å². The maximum absolute atomic E-state index is 10.4. The van der Waals surface area contributed by atoms with Crippen molar-refractivity contribution in [3.05, 3.63) is 12.2 Å². The van der Waals surface area contributed by atoms with Crippen molar-refractivity contribution in [2.45, 2.75) is 109 Å². The third-order valence-corrected chi connectivity index (χ3v) is 4.47. The summed E-state index contributed by atoms with van der Waals surface area (Å²) >= 11 is 0. The molecule has 25 heavy (non-hydrogen) atoms. The van der Waals surface area contributed by atoms with Crippen molar-refractivity contribution in [3.8, 4) is 0 Å². The Balaban J connectivity index is 3.06. The Morgan fingerprint density at radius 2 is 0.920 bits per heavy atom. The van der Waals surface area contributed by atoms with Crippen LogP contribution < -0.4 is 0 Å². The molecule has 0 aliphatic rings. The van der Waals surface area contributed by atoms with Crippen LogP contribution in [0.4, 0.5) is 0 Å². The van der Waals surface area contributed by atoms with E-state index in [0.29, 0.717) is 6.42 Å². The van der Waals surface area contributed by atoms with E-state index in [1.165, 1.54) is 77.0 Å². The van der Waals surface area contributed by atoms with Gasteiger partial charge in [0, 0.05) is 6.42 Å². The first-order valence-electron chi connectivity index (χ1n) is 10.2. The quantitative estimate of drug-likeness (QED) is 0.209. The first-order chi connectivity index (χ1) is 12.1. The second-order valence-corrected chi connectivity index (χ2v) is 6.95. The minimum absolute atomic E-state index is 0.144.